The van der Waals surface area contributed by atoms with Gasteiger partial charge in [-0.15, -0.1) is 0 Å². The fourth-order valence-corrected chi connectivity index (χ4v) is 4.48. The third-order valence-electron chi connectivity index (χ3n) is 6.71. The molecule has 0 bridgehead atoms. The highest BCUT2D eigenvalue weighted by Crippen LogP contribution is 2.34. The molecule has 2 atom stereocenters. The average Bonchev–Trinajstić information content (AvgIpc) is 3.51. The molecular formula is C31H38ClF2N9O2. The Balaban J connectivity index is 0.000000854. The van der Waals surface area contributed by atoms with Gasteiger partial charge in [0.15, 0.2) is 11.8 Å². The number of halogens is 3. The summed E-state index contributed by atoms with van der Waals surface area (Å²) in [5.41, 5.74) is 9.70. The quantitative estimate of drug-likeness (QED) is 0.125. The van der Waals surface area contributed by atoms with Crippen LogP contribution >= 0.6 is 11.6 Å². The van der Waals surface area contributed by atoms with Crippen molar-refractivity contribution in [2.75, 3.05) is 13.7 Å². The minimum Gasteiger partial charge on any atom is -0.394 e. The number of carbonyl (C=O) groups excluding carboxylic acids is 1. The van der Waals surface area contributed by atoms with Gasteiger partial charge in [0.05, 0.1) is 29.9 Å². The van der Waals surface area contributed by atoms with E-state index in [1.165, 1.54) is 17.0 Å². The number of rotatable bonds is 10. The lowest BCUT2D eigenvalue weighted by molar-refractivity contribution is -0.108. The summed E-state index contributed by atoms with van der Waals surface area (Å²) >= 11 is 6.28. The van der Waals surface area contributed by atoms with Crippen LogP contribution in [0.1, 0.15) is 76.3 Å². The number of hydrogen-bond donors (Lipinski definition) is 2. The Bertz CT molecular complexity index is 1610. The van der Waals surface area contributed by atoms with Crippen molar-refractivity contribution in [2.45, 2.75) is 65.2 Å². The van der Waals surface area contributed by atoms with Gasteiger partial charge in [-0.05, 0) is 41.5 Å². The van der Waals surface area contributed by atoms with Crippen LogP contribution in [0.3, 0.4) is 0 Å². The monoisotopic (exact) mass is 641 g/mol. The van der Waals surface area contributed by atoms with E-state index in [-0.39, 0.29) is 22.4 Å². The topological polar surface area (TPSA) is 140 Å². The second kappa shape index (κ2) is 14.2. The van der Waals surface area contributed by atoms with E-state index in [0.29, 0.717) is 33.6 Å². The van der Waals surface area contributed by atoms with Crippen LogP contribution in [-0.4, -0.2) is 65.7 Å². The fraction of sp³-hybridized carbons (Fsp3) is 0.419. The fourth-order valence-electron chi connectivity index (χ4n) is 4.28. The number of benzene rings is 2. The summed E-state index contributed by atoms with van der Waals surface area (Å²) in [4.78, 5) is 23.5. The second-order valence-corrected chi connectivity index (χ2v) is 12.7. The molecule has 0 spiro atoms. The van der Waals surface area contributed by atoms with Crippen LogP contribution in [0.4, 0.5) is 8.78 Å². The molecule has 0 amide bonds. The lowest BCUT2D eigenvalue weighted by atomic mass is 10.0. The predicted octanol–water partition coefficient (Wildman–Crippen LogP) is 5.86. The molecule has 2 unspecified atom stereocenters. The number of nitrogens with zero attached hydrogens (tertiary/aromatic N) is 8. The zero-order valence-electron chi connectivity index (χ0n) is 25.8. The molecule has 0 saturated heterocycles. The molecule has 2 aromatic heterocycles. The van der Waals surface area contributed by atoms with E-state index in [2.05, 4.69) is 53.0 Å². The Morgan fingerprint density at radius 2 is 1.80 bits per heavy atom. The molecule has 2 aromatic carbocycles. The Morgan fingerprint density at radius 1 is 1.16 bits per heavy atom. The standard InChI is InChI=1S/C26H26ClF2N9O2.C5H12/c1-36(23(13-40)17-6-9-20(27)19(10-17)24-31-14-33-37(24)25(28)29)26(30)34-22(12-39)16-4-2-15(3-5-16)21-11-32-38(35-21)18-7-8-18;1-5(2,3)4/h2-6,9-12,14,18,22-23,25,40H,7-8,13H2,1H3,(H2,30,34);1-4H3. The van der Waals surface area contributed by atoms with E-state index in [9.17, 15) is 18.7 Å². The Hall–Kier alpha value is -4.23. The van der Waals surface area contributed by atoms with E-state index < -0.39 is 25.2 Å². The average molecular weight is 642 g/mol. The minimum absolute atomic E-state index is 0.0140. The highest BCUT2D eigenvalue weighted by molar-refractivity contribution is 6.33. The van der Waals surface area contributed by atoms with Gasteiger partial charge in [0.2, 0.25) is 0 Å². The number of aliphatic hydroxyl groups is 1. The maximum atomic E-state index is 13.4. The first-order chi connectivity index (χ1) is 21.3. The molecule has 0 aliphatic heterocycles. The summed E-state index contributed by atoms with van der Waals surface area (Å²) in [5, 5.41) is 22.8. The van der Waals surface area contributed by atoms with Crippen LogP contribution in [0.25, 0.3) is 22.6 Å². The van der Waals surface area contributed by atoms with E-state index in [1.54, 1.807) is 36.2 Å². The summed E-state index contributed by atoms with van der Waals surface area (Å²) in [6.45, 7) is 5.44. The van der Waals surface area contributed by atoms with Crippen LogP contribution < -0.4 is 5.73 Å². The molecule has 1 saturated carbocycles. The van der Waals surface area contributed by atoms with Crippen molar-refractivity contribution < 1.29 is 18.7 Å². The summed E-state index contributed by atoms with van der Waals surface area (Å²) in [5.74, 6) is -0.137. The molecule has 4 aromatic rings. The number of alkyl halides is 2. The molecule has 0 radical (unpaired) electrons. The maximum absolute atomic E-state index is 13.4. The van der Waals surface area contributed by atoms with Gasteiger partial charge >= 0.3 is 6.55 Å². The molecule has 14 heteroatoms. The second-order valence-electron chi connectivity index (χ2n) is 12.3. The van der Waals surface area contributed by atoms with Crippen LogP contribution in [0, 0.1) is 5.41 Å². The van der Waals surface area contributed by atoms with Gasteiger partial charge in [-0.2, -0.15) is 33.6 Å². The minimum atomic E-state index is -2.91. The molecule has 240 valence electrons. The van der Waals surface area contributed by atoms with Gasteiger partial charge in [0.25, 0.3) is 0 Å². The zero-order chi connectivity index (χ0) is 32.9. The third kappa shape index (κ3) is 8.70. The highest BCUT2D eigenvalue weighted by atomic mass is 35.5. The van der Waals surface area contributed by atoms with Crippen molar-refractivity contribution in [1.82, 2.24) is 34.7 Å². The van der Waals surface area contributed by atoms with Crippen molar-refractivity contribution in [3.8, 4) is 22.6 Å². The molecule has 2 heterocycles. The van der Waals surface area contributed by atoms with Crippen molar-refractivity contribution in [3.63, 3.8) is 0 Å². The van der Waals surface area contributed by atoms with Crippen molar-refractivity contribution in [2.24, 2.45) is 16.1 Å². The van der Waals surface area contributed by atoms with Gasteiger partial charge in [-0.1, -0.05) is 69.6 Å². The van der Waals surface area contributed by atoms with E-state index >= 15 is 0 Å². The highest BCUT2D eigenvalue weighted by Gasteiger charge is 2.26. The maximum Gasteiger partial charge on any atom is 0.335 e. The molecule has 5 rings (SSSR count). The number of nitrogens with two attached hydrogens (primary N) is 1. The summed E-state index contributed by atoms with van der Waals surface area (Å²) < 4.78 is 27.2. The van der Waals surface area contributed by atoms with Crippen LogP contribution in [0.5, 0.6) is 0 Å². The molecule has 3 N–H and O–H groups in total. The predicted molar refractivity (Wildman–Crippen MR) is 169 cm³/mol. The van der Waals surface area contributed by atoms with Crippen molar-refractivity contribution >= 4 is 23.8 Å². The number of aldehydes is 1. The van der Waals surface area contributed by atoms with Gasteiger partial charge in [-0.25, -0.2) is 9.98 Å². The first-order valence-electron chi connectivity index (χ1n) is 14.4. The SMILES string of the molecule is CC(C)(C)C.CN(C(N)=NC(C=O)c1ccc(-c2cnn(C3CC3)n2)cc1)C(CO)c1ccc(Cl)c(-c2ncnn2C(F)F)c1. The van der Waals surface area contributed by atoms with E-state index in [4.69, 9.17) is 17.3 Å². The molecule has 1 aliphatic carbocycles. The third-order valence-corrected chi connectivity index (χ3v) is 7.04. The zero-order valence-corrected chi connectivity index (χ0v) is 26.6. The van der Waals surface area contributed by atoms with Crippen LogP contribution in [0.15, 0.2) is 60.0 Å². The lowest BCUT2D eigenvalue weighted by Gasteiger charge is -2.29. The normalized spacial score (nSPS) is 14.9. The molecular weight excluding hydrogens is 604 g/mol. The molecule has 45 heavy (non-hydrogen) atoms. The van der Waals surface area contributed by atoms with E-state index in [0.717, 1.165) is 30.4 Å². The first kappa shape index (κ1) is 33.7. The molecule has 1 fully saturated rings. The smallest absolute Gasteiger partial charge is 0.335 e. The van der Waals surface area contributed by atoms with Gasteiger partial charge in [0.1, 0.15) is 24.3 Å². The Labute approximate surface area is 265 Å². The van der Waals surface area contributed by atoms with Gasteiger partial charge < -0.3 is 20.5 Å². The summed E-state index contributed by atoms with van der Waals surface area (Å²) in [6, 6.07) is 10.7. The van der Waals surface area contributed by atoms with Gasteiger partial charge in [0, 0.05) is 18.2 Å². The lowest BCUT2D eigenvalue weighted by Crippen LogP contribution is -2.39. The van der Waals surface area contributed by atoms with Gasteiger partial charge in [-0.3, -0.25) is 0 Å². The summed E-state index contributed by atoms with van der Waals surface area (Å²) in [7, 11) is 1.60. The number of hydrogen-bond acceptors (Lipinski definition) is 7. The molecule has 1 aliphatic rings. The Kier molecular flexibility index (Phi) is 10.7. The Morgan fingerprint density at radius 3 is 2.38 bits per heavy atom. The number of aromatic nitrogens is 6. The van der Waals surface area contributed by atoms with Crippen LogP contribution in [0.2, 0.25) is 5.02 Å². The first-order valence-corrected chi connectivity index (χ1v) is 14.8. The van der Waals surface area contributed by atoms with Crippen LogP contribution in [-0.2, 0) is 4.79 Å². The van der Waals surface area contributed by atoms with Crippen molar-refractivity contribution in [1.29, 1.82) is 0 Å². The van der Waals surface area contributed by atoms with E-state index in [1.807, 2.05) is 12.1 Å². The number of aliphatic hydroxyl groups excluding tert-OH is 1. The number of guanidine groups is 1. The largest absolute Gasteiger partial charge is 0.394 e. The van der Waals surface area contributed by atoms with Crippen molar-refractivity contribution in [3.05, 3.63) is 71.1 Å². The number of carbonyl (C=O) groups is 1. The number of likely N-dealkylation sites (N-methyl/N-ethyl adjacent to an activating group) is 1. The molecule has 11 nitrogen and oxygen atoms in total. The number of aliphatic imine (C=N–C) groups is 1. The summed E-state index contributed by atoms with van der Waals surface area (Å²) in [6.07, 6.45) is 5.56.